The lowest BCUT2D eigenvalue weighted by molar-refractivity contribution is -0.383. The van der Waals surface area contributed by atoms with E-state index in [-0.39, 0.29) is 23.2 Å². The number of carbonyl (C=O) groups excluding carboxylic acids is 1. The number of carbonyl (C=O) groups is 1. The number of non-ortho nitro benzene ring substituents is 1. The van der Waals surface area contributed by atoms with Gasteiger partial charge in [0.05, 0.1) is 29.5 Å². The second kappa shape index (κ2) is 6.79. The predicted molar refractivity (Wildman–Crippen MR) is 96.5 cm³/mol. The average Bonchev–Trinajstić information content (AvgIpc) is 2.64. The Kier molecular flexibility index (Phi) is 4.53. The summed E-state index contributed by atoms with van der Waals surface area (Å²) < 4.78 is 6.03. The van der Waals surface area contributed by atoms with Crippen LogP contribution in [0.15, 0.2) is 53.3 Å². The number of methoxy groups -OCH3 is 1. The Morgan fingerprint density at radius 3 is 2.50 bits per heavy atom. The van der Waals surface area contributed by atoms with Crippen molar-refractivity contribution in [3.8, 4) is 0 Å². The van der Waals surface area contributed by atoms with E-state index in [4.69, 9.17) is 0 Å². The number of fused-ring (bicyclic) bond motifs is 1. The highest BCUT2D eigenvalue weighted by molar-refractivity contribution is 5.96. The maximum Gasteiger partial charge on any atom is 0.343 e. The zero-order chi connectivity index (χ0) is 18.8. The van der Waals surface area contributed by atoms with E-state index < -0.39 is 16.5 Å². The molecule has 3 aromatic rings. The van der Waals surface area contributed by atoms with Gasteiger partial charge < -0.3 is 9.30 Å². The Bertz CT molecular complexity index is 1070. The number of aryl methyl sites for hydroxylation is 1. The standard InChI is InChI=1S/C19H16N2O5/c1-12-6-8-13(9-7-12)11-20-16-4-3-5-17(21(24)25)14(16)10-15(18(20)22)19(23)26-2/h3-10H,11H2,1-2H3. The van der Waals surface area contributed by atoms with Gasteiger partial charge in [-0.05, 0) is 24.6 Å². The first kappa shape index (κ1) is 17.3. The van der Waals surface area contributed by atoms with Crippen LogP contribution in [-0.2, 0) is 11.3 Å². The molecule has 0 amide bonds. The summed E-state index contributed by atoms with van der Waals surface area (Å²) in [4.78, 5) is 35.7. The summed E-state index contributed by atoms with van der Waals surface area (Å²) in [6, 6.07) is 13.3. The number of nitrogens with zero attached hydrogens (tertiary/aromatic N) is 2. The predicted octanol–water partition coefficient (Wildman–Crippen LogP) is 3.05. The average molecular weight is 352 g/mol. The van der Waals surface area contributed by atoms with E-state index in [1.54, 1.807) is 6.07 Å². The molecule has 0 aliphatic rings. The number of nitro groups is 1. The second-order valence-corrected chi connectivity index (χ2v) is 5.89. The van der Waals surface area contributed by atoms with Gasteiger partial charge in [0.2, 0.25) is 0 Å². The Balaban J connectivity index is 2.31. The molecule has 1 heterocycles. The lowest BCUT2D eigenvalue weighted by atomic mass is 10.1. The summed E-state index contributed by atoms with van der Waals surface area (Å²) in [6.45, 7) is 2.13. The second-order valence-electron chi connectivity index (χ2n) is 5.89. The van der Waals surface area contributed by atoms with Crippen molar-refractivity contribution in [3.63, 3.8) is 0 Å². The van der Waals surface area contributed by atoms with Crippen LogP contribution in [-0.4, -0.2) is 22.6 Å². The number of aromatic nitrogens is 1. The van der Waals surface area contributed by atoms with Crippen LogP contribution in [0, 0.1) is 17.0 Å². The van der Waals surface area contributed by atoms with Gasteiger partial charge in [-0.25, -0.2) is 4.79 Å². The number of hydrogen-bond acceptors (Lipinski definition) is 5. The normalized spacial score (nSPS) is 10.7. The molecule has 132 valence electrons. The molecular formula is C19H16N2O5. The van der Waals surface area contributed by atoms with E-state index in [2.05, 4.69) is 4.74 Å². The minimum absolute atomic E-state index is 0.176. The van der Waals surface area contributed by atoms with Crippen molar-refractivity contribution < 1.29 is 14.5 Å². The molecule has 0 aliphatic heterocycles. The maximum atomic E-state index is 12.8. The number of benzene rings is 2. The van der Waals surface area contributed by atoms with Crippen molar-refractivity contribution in [3.05, 3.63) is 85.7 Å². The van der Waals surface area contributed by atoms with Crippen molar-refractivity contribution in [2.24, 2.45) is 0 Å². The first-order valence-corrected chi connectivity index (χ1v) is 7.87. The van der Waals surface area contributed by atoms with E-state index in [0.29, 0.717) is 5.52 Å². The zero-order valence-corrected chi connectivity index (χ0v) is 14.3. The van der Waals surface area contributed by atoms with Gasteiger partial charge in [-0.15, -0.1) is 0 Å². The molecule has 7 nitrogen and oxygen atoms in total. The van der Waals surface area contributed by atoms with E-state index in [1.807, 2.05) is 31.2 Å². The molecule has 0 aliphatic carbocycles. The maximum absolute atomic E-state index is 12.8. The smallest absolute Gasteiger partial charge is 0.343 e. The van der Waals surface area contributed by atoms with Crippen molar-refractivity contribution in [2.75, 3.05) is 7.11 Å². The number of hydrogen-bond donors (Lipinski definition) is 0. The number of esters is 1. The summed E-state index contributed by atoms with van der Waals surface area (Å²) in [5, 5.41) is 11.6. The minimum atomic E-state index is -0.826. The zero-order valence-electron chi connectivity index (χ0n) is 14.3. The van der Waals surface area contributed by atoms with E-state index in [9.17, 15) is 19.7 Å². The third-order valence-electron chi connectivity index (χ3n) is 4.18. The molecule has 0 radical (unpaired) electrons. The van der Waals surface area contributed by atoms with Gasteiger partial charge in [0.1, 0.15) is 5.56 Å². The Labute approximate surface area is 148 Å². The van der Waals surface area contributed by atoms with Crippen LogP contribution in [0.25, 0.3) is 10.9 Å². The van der Waals surface area contributed by atoms with Crippen molar-refractivity contribution >= 4 is 22.6 Å². The highest BCUT2D eigenvalue weighted by Gasteiger charge is 2.21. The van der Waals surface area contributed by atoms with Crippen LogP contribution < -0.4 is 5.56 Å². The van der Waals surface area contributed by atoms with Gasteiger partial charge in [0, 0.05) is 6.07 Å². The Morgan fingerprint density at radius 2 is 1.88 bits per heavy atom. The van der Waals surface area contributed by atoms with Crippen LogP contribution in [0.2, 0.25) is 0 Å². The monoisotopic (exact) mass is 352 g/mol. The molecule has 2 aromatic carbocycles. The first-order valence-electron chi connectivity index (χ1n) is 7.87. The van der Waals surface area contributed by atoms with Gasteiger partial charge in [0.25, 0.3) is 11.2 Å². The molecule has 0 saturated carbocycles. The summed E-state index contributed by atoms with van der Waals surface area (Å²) in [7, 11) is 1.16. The lowest BCUT2D eigenvalue weighted by Crippen LogP contribution is -2.28. The third-order valence-corrected chi connectivity index (χ3v) is 4.18. The number of nitro benzene ring substituents is 1. The molecule has 3 rings (SSSR count). The van der Waals surface area contributed by atoms with E-state index >= 15 is 0 Å². The van der Waals surface area contributed by atoms with Gasteiger partial charge >= 0.3 is 5.97 Å². The van der Waals surface area contributed by atoms with Gasteiger partial charge in [-0.2, -0.15) is 0 Å². The molecule has 0 atom stereocenters. The summed E-state index contributed by atoms with van der Waals surface area (Å²) >= 11 is 0. The quantitative estimate of drug-likeness (QED) is 0.409. The van der Waals surface area contributed by atoms with Crippen LogP contribution in [0.4, 0.5) is 5.69 Å². The van der Waals surface area contributed by atoms with Crippen LogP contribution in [0.1, 0.15) is 21.5 Å². The van der Waals surface area contributed by atoms with E-state index in [0.717, 1.165) is 18.2 Å². The molecule has 7 heteroatoms. The first-order chi connectivity index (χ1) is 12.4. The van der Waals surface area contributed by atoms with Crippen LogP contribution in [0.5, 0.6) is 0 Å². The molecule has 0 N–H and O–H groups in total. The van der Waals surface area contributed by atoms with Crippen molar-refractivity contribution in [1.29, 1.82) is 0 Å². The SMILES string of the molecule is COC(=O)c1cc2c([N+](=O)[O-])cccc2n(Cc2ccc(C)cc2)c1=O. The molecule has 0 unspecified atom stereocenters. The summed E-state index contributed by atoms with van der Waals surface area (Å²) in [5.41, 5.74) is 1.34. The van der Waals surface area contributed by atoms with E-state index in [1.165, 1.54) is 22.8 Å². The summed E-state index contributed by atoms with van der Waals surface area (Å²) in [5.74, 6) is -0.826. The Morgan fingerprint density at radius 1 is 1.19 bits per heavy atom. The molecule has 0 fully saturated rings. The fourth-order valence-electron chi connectivity index (χ4n) is 2.83. The largest absolute Gasteiger partial charge is 0.465 e. The molecule has 0 bridgehead atoms. The highest BCUT2D eigenvalue weighted by atomic mass is 16.6. The van der Waals surface area contributed by atoms with Gasteiger partial charge in [0.15, 0.2) is 0 Å². The fourth-order valence-corrected chi connectivity index (χ4v) is 2.83. The molecule has 1 aromatic heterocycles. The number of pyridine rings is 1. The van der Waals surface area contributed by atoms with Gasteiger partial charge in [-0.3, -0.25) is 14.9 Å². The Hall–Kier alpha value is -3.48. The number of ether oxygens (including phenoxy) is 1. The minimum Gasteiger partial charge on any atom is -0.465 e. The lowest BCUT2D eigenvalue weighted by Gasteiger charge is -2.13. The van der Waals surface area contributed by atoms with Crippen molar-refractivity contribution in [1.82, 2.24) is 4.57 Å². The summed E-state index contributed by atoms with van der Waals surface area (Å²) in [6.07, 6.45) is 0. The topological polar surface area (TPSA) is 91.4 Å². The van der Waals surface area contributed by atoms with Crippen LogP contribution >= 0.6 is 0 Å². The molecule has 26 heavy (non-hydrogen) atoms. The molecular weight excluding hydrogens is 336 g/mol. The van der Waals surface area contributed by atoms with Crippen LogP contribution in [0.3, 0.4) is 0 Å². The molecule has 0 spiro atoms. The van der Waals surface area contributed by atoms with Gasteiger partial charge in [-0.1, -0.05) is 35.9 Å². The number of rotatable bonds is 4. The fraction of sp³-hybridized carbons (Fsp3) is 0.158. The highest BCUT2D eigenvalue weighted by Crippen LogP contribution is 2.26. The third kappa shape index (κ3) is 3.06. The van der Waals surface area contributed by atoms with Crippen molar-refractivity contribution in [2.45, 2.75) is 13.5 Å². The molecule has 0 saturated heterocycles.